The van der Waals surface area contributed by atoms with Crippen molar-refractivity contribution in [3.05, 3.63) is 29.8 Å². The summed E-state index contributed by atoms with van der Waals surface area (Å²) in [6, 6.07) is 7.17. The van der Waals surface area contributed by atoms with Gasteiger partial charge in [-0.3, -0.25) is 0 Å². The second-order valence-corrected chi connectivity index (χ2v) is 5.11. The number of nitrogens with zero attached hydrogens (tertiary/aromatic N) is 1. The fraction of sp³-hybridized carbons (Fsp3) is 0.588. The molecule has 0 atom stereocenters. The standard InChI is InChI=1S/C17H29N3O2.HI/c1-3-5-11-22-12-7-10-19-17(18-4-2)20-14-15-8-6-9-16(21)13-15;/h6,8-9,13,21H,3-5,7,10-12,14H2,1-2H3,(H2,18,19,20);1H. The van der Waals surface area contributed by atoms with Crippen molar-refractivity contribution in [2.75, 3.05) is 26.3 Å². The Balaban J connectivity index is 0.00000484. The van der Waals surface area contributed by atoms with Gasteiger partial charge in [-0.05, 0) is 37.5 Å². The number of rotatable bonds is 10. The number of hydrogen-bond acceptors (Lipinski definition) is 3. The van der Waals surface area contributed by atoms with Crippen molar-refractivity contribution < 1.29 is 9.84 Å². The molecule has 3 N–H and O–H groups in total. The Morgan fingerprint density at radius 1 is 1.17 bits per heavy atom. The zero-order valence-electron chi connectivity index (χ0n) is 14.2. The molecule has 0 saturated carbocycles. The molecule has 1 aromatic rings. The quantitative estimate of drug-likeness (QED) is 0.229. The molecule has 0 saturated heterocycles. The molecule has 6 heteroatoms. The van der Waals surface area contributed by atoms with Crippen LogP contribution in [0.4, 0.5) is 0 Å². The van der Waals surface area contributed by atoms with Crippen LogP contribution in [0.15, 0.2) is 29.3 Å². The molecule has 0 heterocycles. The van der Waals surface area contributed by atoms with E-state index in [0.29, 0.717) is 6.54 Å². The summed E-state index contributed by atoms with van der Waals surface area (Å²) in [5.41, 5.74) is 0.986. The number of aliphatic imine (C=N–C) groups is 1. The van der Waals surface area contributed by atoms with Crippen molar-refractivity contribution in [2.45, 2.75) is 39.7 Å². The minimum atomic E-state index is 0. The molecule has 0 unspecified atom stereocenters. The maximum Gasteiger partial charge on any atom is 0.191 e. The average molecular weight is 435 g/mol. The number of phenols is 1. The van der Waals surface area contributed by atoms with Crippen LogP contribution in [0.3, 0.4) is 0 Å². The van der Waals surface area contributed by atoms with E-state index in [-0.39, 0.29) is 29.7 Å². The van der Waals surface area contributed by atoms with E-state index in [1.807, 2.05) is 19.1 Å². The molecule has 0 fully saturated rings. The Hall–Kier alpha value is -1.02. The number of hydrogen-bond donors (Lipinski definition) is 3. The maximum atomic E-state index is 9.45. The molecule has 0 radical (unpaired) electrons. The Bertz CT molecular complexity index is 442. The van der Waals surface area contributed by atoms with Crippen LogP contribution in [0.25, 0.3) is 0 Å². The molecule has 5 nitrogen and oxygen atoms in total. The molecule has 0 spiro atoms. The average Bonchev–Trinajstić information content (AvgIpc) is 2.51. The molecule has 1 aromatic carbocycles. The van der Waals surface area contributed by atoms with Crippen LogP contribution in [0.5, 0.6) is 5.75 Å². The Morgan fingerprint density at radius 3 is 2.65 bits per heavy atom. The number of halogens is 1. The molecular formula is C17H30IN3O2. The number of guanidine groups is 1. The summed E-state index contributed by atoms with van der Waals surface area (Å²) in [6.45, 7) is 8.02. The summed E-state index contributed by atoms with van der Waals surface area (Å²) < 4.78 is 5.53. The zero-order chi connectivity index (χ0) is 16.0. The molecule has 0 aromatic heterocycles. The second-order valence-electron chi connectivity index (χ2n) is 5.11. The van der Waals surface area contributed by atoms with E-state index in [1.54, 1.807) is 12.1 Å². The van der Waals surface area contributed by atoms with Crippen LogP contribution in [-0.4, -0.2) is 37.4 Å². The monoisotopic (exact) mass is 435 g/mol. The van der Waals surface area contributed by atoms with E-state index in [4.69, 9.17) is 4.74 Å². The topological polar surface area (TPSA) is 65.9 Å². The lowest BCUT2D eigenvalue weighted by atomic mass is 10.2. The number of aromatic hydroxyl groups is 1. The number of benzene rings is 1. The summed E-state index contributed by atoms with van der Waals surface area (Å²) >= 11 is 0. The lowest BCUT2D eigenvalue weighted by Crippen LogP contribution is -2.38. The highest BCUT2D eigenvalue weighted by Crippen LogP contribution is 2.11. The van der Waals surface area contributed by atoms with Gasteiger partial charge in [0.05, 0.1) is 6.54 Å². The predicted molar refractivity (Wildman–Crippen MR) is 107 cm³/mol. The summed E-state index contributed by atoms with van der Waals surface area (Å²) in [7, 11) is 0. The Morgan fingerprint density at radius 2 is 1.96 bits per heavy atom. The van der Waals surface area contributed by atoms with Crippen molar-refractivity contribution in [3.63, 3.8) is 0 Å². The van der Waals surface area contributed by atoms with E-state index >= 15 is 0 Å². The van der Waals surface area contributed by atoms with Gasteiger partial charge in [0.25, 0.3) is 0 Å². The maximum absolute atomic E-state index is 9.45. The van der Waals surface area contributed by atoms with Crippen LogP contribution in [0.1, 0.15) is 38.7 Å². The van der Waals surface area contributed by atoms with E-state index < -0.39 is 0 Å². The fourth-order valence-corrected chi connectivity index (χ4v) is 1.90. The minimum Gasteiger partial charge on any atom is -0.508 e. The van der Waals surface area contributed by atoms with E-state index in [2.05, 4.69) is 22.5 Å². The van der Waals surface area contributed by atoms with Crippen LogP contribution >= 0.6 is 24.0 Å². The highest BCUT2D eigenvalue weighted by Gasteiger charge is 1.98. The van der Waals surface area contributed by atoms with E-state index in [0.717, 1.165) is 50.7 Å². The van der Waals surface area contributed by atoms with Gasteiger partial charge in [-0.2, -0.15) is 0 Å². The largest absolute Gasteiger partial charge is 0.508 e. The first-order valence-corrected chi connectivity index (χ1v) is 8.14. The van der Waals surface area contributed by atoms with Gasteiger partial charge in [-0.15, -0.1) is 24.0 Å². The first-order chi connectivity index (χ1) is 10.8. The normalized spacial score (nSPS) is 11.0. The number of ether oxygens (including phenoxy) is 1. The van der Waals surface area contributed by atoms with Crippen molar-refractivity contribution in [1.29, 1.82) is 0 Å². The third-order valence-corrected chi connectivity index (χ3v) is 3.07. The third kappa shape index (κ3) is 11.2. The van der Waals surface area contributed by atoms with Crippen LogP contribution in [-0.2, 0) is 11.3 Å². The Kier molecular flexibility index (Phi) is 13.9. The van der Waals surface area contributed by atoms with Gasteiger partial charge in [0.15, 0.2) is 5.96 Å². The summed E-state index contributed by atoms with van der Waals surface area (Å²) in [6.07, 6.45) is 3.26. The van der Waals surface area contributed by atoms with Crippen molar-refractivity contribution in [3.8, 4) is 5.75 Å². The number of phenolic OH excluding ortho intramolecular Hbond substituents is 1. The molecule has 23 heavy (non-hydrogen) atoms. The third-order valence-electron chi connectivity index (χ3n) is 3.07. The molecule has 0 bridgehead atoms. The van der Waals surface area contributed by atoms with Gasteiger partial charge in [-0.25, -0.2) is 4.99 Å². The first kappa shape index (κ1) is 22.0. The van der Waals surface area contributed by atoms with Crippen molar-refractivity contribution in [1.82, 2.24) is 10.6 Å². The Labute approximate surface area is 156 Å². The SMILES string of the molecule is CCCCOCCCNC(=NCc1cccc(O)c1)NCC.I. The van der Waals surface area contributed by atoms with Crippen LogP contribution < -0.4 is 10.6 Å². The van der Waals surface area contributed by atoms with Gasteiger partial charge in [0, 0.05) is 26.3 Å². The van der Waals surface area contributed by atoms with Crippen molar-refractivity contribution in [2.24, 2.45) is 4.99 Å². The summed E-state index contributed by atoms with van der Waals surface area (Å²) in [5.74, 6) is 1.06. The number of unbranched alkanes of at least 4 members (excludes halogenated alkanes) is 1. The van der Waals surface area contributed by atoms with Gasteiger partial charge in [0.1, 0.15) is 5.75 Å². The second kappa shape index (κ2) is 14.6. The molecule has 0 aliphatic rings. The van der Waals surface area contributed by atoms with Gasteiger partial charge in [-0.1, -0.05) is 25.5 Å². The lowest BCUT2D eigenvalue weighted by molar-refractivity contribution is 0.129. The smallest absolute Gasteiger partial charge is 0.191 e. The van der Waals surface area contributed by atoms with Gasteiger partial charge >= 0.3 is 0 Å². The zero-order valence-corrected chi connectivity index (χ0v) is 16.5. The van der Waals surface area contributed by atoms with Gasteiger partial charge < -0.3 is 20.5 Å². The van der Waals surface area contributed by atoms with Crippen LogP contribution in [0, 0.1) is 0 Å². The summed E-state index contributed by atoms with van der Waals surface area (Å²) in [5, 5.41) is 16.0. The lowest BCUT2D eigenvalue weighted by Gasteiger charge is -2.11. The molecule has 1 rings (SSSR count). The van der Waals surface area contributed by atoms with Crippen molar-refractivity contribution >= 4 is 29.9 Å². The highest BCUT2D eigenvalue weighted by atomic mass is 127. The summed E-state index contributed by atoms with van der Waals surface area (Å²) in [4.78, 5) is 4.51. The van der Waals surface area contributed by atoms with E-state index in [1.165, 1.54) is 6.42 Å². The highest BCUT2D eigenvalue weighted by molar-refractivity contribution is 14.0. The first-order valence-electron chi connectivity index (χ1n) is 8.14. The minimum absolute atomic E-state index is 0. The van der Waals surface area contributed by atoms with Gasteiger partial charge in [0.2, 0.25) is 0 Å². The van der Waals surface area contributed by atoms with E-state index in [9.17, 15) is 5.11 Å². The van der Waals surface area contributed by atoms with Crippen LogP contribution in [0.2, 0.25) is 0 Å². The molecule has 0 amide bonds. The predicted octanol–water partition coefficient (Wildman–Crippen LogP) is 3.27. The fourth-order valence-electron chi connectivity index (χ4n) is 1.90. The molecule has 132 valence electrons. The number of nitrogens with one attached hydrogen (secondary N) is 2. The molecule has 0 aliphatic heterocycles. The molecule has 0 aliphatic carbocycles. The molecular weight excluding hydrogens is 405 g/mol.